The number of carbonyl (C=O) groups excluding carboxylic acids is 5. The molecule has 5 amide bonds. The number of alkyl halides is 9. The van der Waals surface area contributed by atoms with Gasteiger partial charge in [0, 0.05) is 91.3 Å². The fraction of sp³-hybridized carbons (Fsp3) is 0.418. The maximum Gasteiger partial charge on any atom is 0.416 e. The van der Waals surface area contributed by atoms with Crippen LogP contribution in [-0.4, -0.2) is 154 Å². The van der Waals surface area contributed by atoms with Gasteiger partial charge in [-0.2, -0.15) is 70.1 Å². The number of carbonyl (C=O) groups is 6. The van der Waals surface area contributed by atoms with Gasteiger partial charge in [0.2, 0.25) is 0 Å². The van der Waals surface area contributed by atoms with Crippen molar-refractivity contribution in [3.8, 4) is 57.5 Å². The summed E-state index contributed by atoms with van der Waals surface area (Å²) in [6, 6.07) is 15.0. The number of halogens is 9. The Hall–Kier alpha value is -12.6. The minimum atomic E-state index is -4.44. The van der Waals surface area contributed by atoms with Crippen LogP contribution in [0.1, 0.15) is 178 Å². The molecule has 0 atom stereocenters. The molecular weight excluding hydrogens is 1540 g/mol. The largest absolute Gasteiger partial charge is 0.472 e. The third-order valence-corrected chi connectivity index (χ3v) is 20.7. The van der Waals surface area contributed by atoms with Gasteiger partial charge in [-0.05, 0) is 138 Å². The van der Waals surface area contributed by atoms with E-state index in [1.165, 1.54) is 57.8 Å². The number of nitrogens with two attached hydrogens (primary N) is 6. The number of likely N-dealkylation sites (tertiary alicyclic amines) is 2. The molecule has 6 aliphatic rings. The van der Waals surface area contributed by atoms with E-state index in [-0.39, 0.29) is 128 Å². The van der Waals surface area contributed by atoms with Crippen LogP contribution in [0, 0.1) is 39.9 Å². The summed E-state index contributed by atoms with van der Waals surface area (Å²) in [5.41, 5.74) is 37.1. The molecule has 15 rings (SSSR count). The summed E-state index contributed by atoms with van der Waals surface area (Å²) >= 11 is 0. The highest BCUT2D eigenvalue weighted by atomic mass is 19.4. The van der Waals surface area contributed by atoms with Crippen LogP contribution in [0.5, 0.6) is 0 Å². The van der Waals surface area contributed by atoms with Crippen molar-refractivity contribution < 1.29 is 78.1 Å². The summed E-state index contributed by atoms with van der Waals surface area (Å²) < 4.78 is 132. The molecule has 3 aromatic carbocycles. The molecule has 6 fully saturated rings. The molecule has 3 spiro atoms. The van der Waals surface area contributed by atoms with Crippen molar-refractivity contribution in [1.29, 1.82) is 0 Å². The number of aliphatic carboxylic acids is 1. The van der Waals surface area contributed by atoms with E-state index >= 15 is 0 Å². The maximum absolute atomic E-state index is 13.1. The summed E-state index contributed by atoms with van der Waals surface area (Å²) in [7, 11) is 0. The standard InChI is InChI=1S/C26H30F3N7O3.C25H24F3N7O2.C21H22F3N7O.C4H4O2.3CH4/c1-24(2,3)39-23(38)34-13-25(14-34)8-18(9-25)36-21(30)19(22(31)37)20(33-36)16-10-32-35(12-16)11-15-5-4-6-17(7-15)26(27,28)29;1-2-4-19(36)33-13-24(14-33)8-18(9-24)35-22(29)20(23(30)37)21(32-35)16-10-31-34(12-16)11-15-5-3-6-17(7-15)25(26,27)28;22-21(23,24)14-3-1-2-12(4-14)8-30-9-13(7-28-30)17-16(19(26)32)18(25)31(29-17)15-5-20(6-15)10-27-11-20;1-2-3-4(5)6;;;/h4-7,10,12,18H,8-9,11,13-14,30H2,1-3H3,(H2,31,37);3,5-7,10,12,18H,8-9,11,13-14,29H2,1H3,(H2,30,37);1-4,7,9,15,27H,5-6,8,10-11,25H2,(H2,26,32);1H3,(H,5,6);3*1H4. The number of anilines is 3. The van der Waals surface area contributed by atoms with E-state index in [9.17, 15) is 68.3 Å². The lowest BCUT2D eigenvalue weighted by molar-refractivity contribution is -0.148. The predicted molar refractivity (Wildman–Crippen MR) is 415 cm³/mol. The number of benzene rings is 3. The maximum atomic E-state index is 13.1. The van der Waals surface area contributed by atoms with Gasteiger partial charge in [-0.3, -0.25) is 33.2 Å². The molecule has 3 saturated heterocycles. The summed E-state index contributed by atoms with van der Waals surface area (Å²) in [6.07, 6.45) is 0.408. The van der Waals surface area contributed by atoms with Crippen molar-refractivity contribution in [2.75, 3.05) is 56.5 Å². The molecule has 6 aromatic heterocycles. The first kappa shape index (κ1) is 88.3. The Bertz CT molecular complexity index is 5320. The molecule has 38 heteroatoms. The number of amides is 5. The Morgan fingerprint density at radius 2 is 0.803 bits per heavy atom. The molecule has 29 nitrogen and oxygen atoms in total. The molecule has 3 aliphatic heterocycles. The normalized spacial score (nSPS) is 16.6. The van der Waals surface area contributed by atoms with Crippen LogP contribution in [0.3, 0.4) is 0 Å². The van der Waals surface area contributed by atoms with Crippen molar-refractivity contribution >= 4 is 53.1 Å². The van der Waals surface area contributed by atoms with Crippen molar-refractivity contribution in [2.45, 2.75) is 157 Å². The van der Waals surface area contributed by atoms with E-state index in [1.54, 1.807) is 67.6 Å². The smallest absolute Gasteiger partial charge is 0.416 e. The minimum Gasteiger partial charge on any atom is -0.472 e. The molecule has 0 bridgehead atoms. The Morgan fingerprint density at radius 1 is 0.496 bits per heavy atom. The molecular formula is C79H92F9N21O8. The van der Waals surface area contributed by atoms with Crippen molar-refractivity contribution in [3.63, 3.8) is 0 Å². The lowest BCUT2D eigenvalue weighted by Gasteiger charge is -2.58. The zero-order valence-corrected chi connectivity index (χ0v) is 62.2. The first-order valence-corrected chi connectivity index (χ1v) is 35.7. The van der Waals surface area contributed by atoms with Gasteiger partial charge in [0.05, 0.1) is 73.0 Å². The molecule has 624 valence electrons. The average Bonchev–Trinajstić information content (AvgIpc) is 1.71. The van der Waals surface area contributed by atoms with Gasteiger partial charge in [-0.15, -0.1) is 0 Å². The van der Waals surface area contributed by atoms with Crippen molar-refractivity contribution in [1.82, 2.24) is 73.8 Å². The number of aromatic nitrogens is 12. The highest BCUT2D eigenvalue weighted by Gasteiger charge is 2.57. The van der Waals surface area contributed by atoms with Crippen LogP contribution in [0.4, 0.5) is 61.8 Å². The van der Waals surface area contributed by atoms with Crippen LogP contribution in [-0.2, 0) is 52.5 Å². The monoisotopic (exact) mass is 1630 g/mol. The van der Waals surface area contributed by atoms with Gasteiger partial charge >= 0.3 is 30.6 Å². The van der Waals surface area contributed by atoms with Gasteiger partial charge in [-0.25, -0.2) is 23.6 Å². The number of hydrogen-bond acceptors (Lipinski definition) is 17. The van der Waals surface area contributed by atoms with Crippen LogP contribution < -0.4 is 39.7 Å². The first-order valence-electron chi connectivity index (χ1n) is 35.7. The molecule has 3 saturated carbocycles. The lowest BCUT2D eigenvalue weighted by Crippen LogP contribution is -2.64. The van der Waals surface area contributed by atoms with E-state index in [0.29, 0.717) is 70.7 Å². The SMILES string of the molecule is C.C.C.CC#CC(=O)N1CC2(CC(n3nc(-c4cnn(Cc5cccc(C(F)(F)F)c5)c4)c(C(N)=O)c3N)C2)C1.CC#CC(=O)O.CC(C)(C)OC(=O)N1CC2(CC(n3nc(-c4cnn(Cc5cccc(C(F)(F)F)c5)c4)c(C(N)=O)c3N)C2)C1.NC(=O)c1c(-c2cnn(Cc3cccc(C(F)(F)F)c3)c2)nn(C2CC3(CNC3)C2)c1N. The molecule has 3 aliphatic carbocycles. The minimum absolute atomic E-state index is 0. The topological polar surface area (TPSA) is 413 Å². The highest BCUT2D eigenvalue weighted by Crippen LogP contribution is 2.57. The molecule has 0 unspecified atom stereocenters. The number of primary amides is 3. The number of carboxylic acid groups (broad SMARTS) is 1. The number of rotatable bonds is 15. The Labute approximate surface area is 667 Å². The van der Waals surface area contributed by atoms with E-state index < -0.39 is 64.5 Å². The molecule has 14 N–H and O–H groups in total. The highest BCUT2D eigenvalue weighted by molar-refractivity contribution is 6.05. The third kappa shape index (κ3) is 19.2. The van der Waals surface area contributed by atoms with Gasteiger partial charge in [0.15, 0.2) is 0 Å². The molecule has 117 heavy (non-hydrogen) atoms. The summed E-state index contributed by atoms with van der Waals surface area (Å²) in [6.45, 7) is 13.2. The van der Waals surface area contributed by atoms with E-state index in [2.05, 4.69) is 53.7 Å². The third-order valence-electron chi connectivity index (χ3n) is 20.7. The van der Waals surface area contributed by atoms with Crippen LogP contribution >= 0.6 is 0 Å². The fourth-order valence-corrected chi connectivity index (χ4v) is 15.4. The number of nitrogen functional groups attached to an aromatic ring is 3. The van der Waals surface area contributed by atoms with Crippen molar-refractivity contribution in [2.24, 2.45) is 33.4 Å². The average molecular weight is 1630 g/mol. The summed E-state index contributed by atoms with van der Waals surface area (Å²) in [4.78, 5) is 73.7. The predicted octanol–water partition coefficient (Wildman–Crippen LogP) is 11.2. The quantitative estimate of drug-likeness (QED) is 0.0349. The fourth-order valence-electron chi connectivity index (χ4n) is 15.4. The number of nitrogens with one attached hydrogen (secondary N) is 1. The van der Waals surface area contributed by atoms with Crippen LogP contribution in [0.2, 0.25) is 0 Å². The van der Waals surface area contributed by atoms with Gasteiger partial charge in [-0.1, -0.05) is 70.5 Å². The second-order valence-electron chi connectivity index (χ2n) is 30.5. The zero-order valence-electron chi connectivity index (χ0n) is 62.2. The van der Waals surface area contributed by atoms with Crippen molar-refractivity contribution in [3.05, 3.63) is 160 Å². The Morgan fingerprint density at radius 3 is 1.06 bits per heavy atom. The van der Waals surface area contributed by atoms with E-state index in [0.717, 1.165) is 88.0 Å². The number of ether oxygens (including phenoxy) is 1. The first-order chi connectivity index (χ1) is 53.6. The molecule has 9 heterocycles. The second kappa shape index (κ2) is 33.7. The molecule has 9 aromatic rings. The summed E-state index contributed by atoms with van der Waals surface area (Å²) in [5, 5.41) is 37.5. The van der Waals surface area contributed by atoms with Gasteiger partial charge < -0.3 is 59.4 Å². The van der Waals surface area contributed by atoms with Gasteiger partial charge in [0.1, 0.15) is 56.8 Å². The second-order valence-corrected chi connectivity index (χ2v) is 30.5. The number of hydrogen-bond donors (Lipinski definition) is 8. The lowest BCUT2D eigenvalue weighted by atomic mass is 9.60. The van der Waals surface area contributed by atoms with Crippen LogP contribution in [0.25, 0.3) is 33.8 Å². The Kier molecular flexibility index (Phi) is 25.4. The summed E-state index contributed by atoms with van der Waals surface area (Å²) in [5.74, 6) is 6.35. The van der Waals surface area contributed by atoms with Gasteiger partial charge in [0.25, 0.3) is 23.6 Å². The zero-order chi connectivity index (χ0) is 82.5. The van der Waals surface area contributed by atoms with Crippen LogP contribution in [0.15, 0.2) is 110 Å². The molecule has 0 radical (unpaired) electrons. The van der Waals surface area contributed by atoms with E-state index in [1.807, 2.05) is 26.7 Å². The van der Waals surface area contributed by atoms with E-state index in [4.69, 9.17) is 44.2 Å². The number of nitrogens with zero attached hydrogens (tertiary/aromatic N) is 14. The number of carboxylic acids is 1. The Balaban J connectivity index is 0.000000192.